The van der Waals surface area contributed by atoms with E-state index in [0.717, 1.165) is 33.5 Å². The van der Waals surface area contributed by atoms with Gasteiger partial charge in [0, 0.05) is 16.3 Å². The van der Waals surface area contributed by atoms with Crippen LogP contribution in [0.3, 0.4) is 0 Å². The number of urea groups is 1. The molecule has 182 valence electrons. The average Bonchev–Trinajstić information content (AvgIpc) is 3.34. The fraction of sp³-hybridized carbons (Fsp3) is 0.207. The van der Waals surface area contributed by atoms with Crippen LogP contribution in [0.15, 0.2) is 77.0 Å². The van der Waals surface area contributed by atoms with Gasteiger partial charge in [0.25, 0.3) is 5.89 Å². The van der Waals surface area contributed by atoms with Gasteiger partial charge in [0.15, 0.2) is 0 Å². The second-order valence-electron chi connectivity index (χ2n) is 9.23. The van der Waals surface area contributed by atoms with Crippen molar-refractivity contribution in [1.29, 1.82) is 0 Å². The van der Waals surface area contributed by atoms with Crippen molar-refractivity contribution in [2.24, 2.45) is 0 Å². The van der Waals surface area contributed by atoms with Gasteiger partial charge < -0.3 is 9.84 Å². The van der Waals surface area contributed by atoms with E-state index in [1.807, 2.05) is 56.3 Å². The van der Waals surface area contributed by atoms with E-state index in [-0.39, 0.29) is 6.03 Å². The monoisotopic (exact) mass is 498 g/mol. The lowest BCUT2D eigenvalue weighted by atomic mass is 9.92. The van der Waals surface area contributed by atoms with E-state index in [1.165, 1.54) is 11.1 Å². The van der Waals surface area contributed by atoms with Crippen LogP contribution < -0.4 is 5.32 Å². The molecule has 0 fully saturated rings. The number of aryl methyl sites for hydroxylation is 3. The summed E-state index contributed by atoms with van der Waals surface area (Å²) in [7, 11) is 0. The maximum absolute atomic E-state index is 13.4. The Hall–Kier alpha value is -3.90. The van der Waals surface area contributed by atoms with Crippen molar-refractivity contribution >= 4 is 23.2 Å². The average molecular weight is 499 g/mol. The summed E-state index contributed by atoms with van der Waals surface area (Å²) in [5.41, 5.74) is 7.78. The van der Waals surface area contributed by atoms with Gasteiger partial charge in [-0.2, -0.15) is 4.98 Å². The third kappa shape index (κ3) is 4.64. The van der Waals surface area contributed by atoms with Crippen LogP contribution in [0, 0.1) is 20.8 Å². The lowest BCUT2D eigenvalue weighted by molar-refractivity contribution is 0.203. The van der Waals surface area contributed by atoms with Crippen molar-refractivity contribution < 1.29 is 9.32 Å². The largest absolute Gasteiger partial charge is 0.334 e. The lowest BCUT2D eigenvalue weighted by Crippen LogP contribution is -2.45. The van der Waals surface area contributed by atoms with Gasteiger partial charge in [-0.05, 0) is 62.1 Å². The Balaban J connectivity index is 1.61. The van der Waals surface area contributed by atoms with Gasteiger partial charge in [0.1, 0.15) is 0 Å². The van der Waals surface area contributed by atoms with Crippen LogP contribution >= 0.6 is 11.6 Å². The number of nitrogens with one attached hydrogen (secondary N) is 1. The fourth-order valence-electron chi connectivity index (χ4n) is 4.40. The van der Waals surface area contributed by atoms with E-state index in [2.05, 4.69) is 36.5 Å². The molecule has 5 rings (SSSR count). The lowest BCUT2D eigenvalue weighted by Gasteiger charge is -2.35. The van der Waals surface area contributed by atoms with E-state index >= 15 is 0 Å². The Morgan fingerprint density at radius 2 is 1.75 bits per heavy atom. The molecule has 2 amide bonds. The van der Waals surface area contributed by atoms with E-state index < -0.39 is 6.04 Å². The van der Waals surface area contributed by atoms with Crippen LogP contribution in [-0.2, 0) is 6.54 Å². The van der Waals surface area contributed by atoms with Crippen molar-refractivity contribution in [3.63, 3.8) is 0 Å². The van der Waals surface area contributed by atoms with Crippen molar-refractivity contribution in [2.75, 3.05) is 0 Å². The highest BCUT2D eigenvalue weighted by Gasteiger charge is 2.36. The zero-order valence-corrected chi connectivity index (χ0v) is 21.4. The highest BCUT2D eigenvalue weighted by atomic mass is 35.5. The van der Waals surface area contributed by atoms with E-state index in [4.69, 9.17) is 21.1 Å². The molecular formula is C29H27ClN4O2. The third-order valence-corrected chi connectivity index (χ3v) is 6.90. The Morgan fingerprint density at radius 3 is 2.47 bits per heavy atom. The number of aromatic nitrogens is 2. The highest BCUT2D eigenvalue weighted by molar-refractivity contribution is 6.30. The molecule has 1 aliphatic heterocycles. The van der Waals surface area contributed by atoms with E-state index in [1.54, 1.807) is 17.0 Å². The SMILES string of the molecule is CC1=C(c2nc(-c3cccc(Cl)c3)no2)C(c2ccc(C)c(C)c2)NC(=O)N1Cc1ccc(C)cc1. The summed E-state index contributed by atoms with van der Waals surface area (Å²) in [6.07, 6.45) is 0. The van der Waals surface area contributed by atoms with Crippen LogP contribution in [0.5, 0.6) is 0 Å². The molecule has 0 saturated heterocycles. The number of carbonyl (C=O) groups is 1. The number of benzene rings is 3. The maximum Gasteiger partial charge on any atom is 0.322 e. The molecule has 1 atom stereocenters. The number of hydrogen-bond donors (Lipinski definition) is 1. The van der Waals surface area contributed by atoms with Crippen LogP contribution in [0.4, 0.5) is 4.79 Å². The molecule has 36 heavy (non-hydrogen) atoms. The minimum atomic E-state index is -0.432. The molecule has 6 nitrogen and oxygen atoms in total. The van der Waals surface area contributed by atoms with Gasteiger partial charge in [-0.25, -0.2) is 4.79 Å². The molecular weight excluding hydrogens is 472 g/mol. The smallest absolute Gasteiger partial charge is 0.322 e. The Bertz CT molecular complexity index is 1470. The summed E-state index contributed by atoms with van der Waals surface area (Å²) in [5, 5.41) is 8.00. The second kappa shape index (κ2) is 9.63. The zero-order valence-electron chi connectivity index (χ0n) is 20.7. The van der Waals surface area contributed by atoms with Crippen LogP contribution in [-0.4, -0.2) is 21.1 Å². The van der Waals surface area contributed by atoms with Crippen LogP contribution in [0.2, 0.25) is 5.02 Å². The maximum atomic E-state index is 13.4. The summed E-state index contributed by atoms with van der Waals surface area (Å²) < 4.78 is 5.78. The topological polar surface area (TPSA) is 71.3 Å². The summed E-state index contributed by atoms with van der Waals surface area (Å²) in [5.74, 6) is 0.799. The van der Waals surface area contributed by atoms with Crippen molar-refractivity contribution in [3.05, 3.63) is 111 Å². The predicted octanol–water partition coefficient (Wildman–Crippen LogP) is 7.01. The number of amides is 2. The quantitative estimate of drug-likeness (QED) is 0.321. The number of hydrogen-bond acceptors (Lipinski definition) is 4. The molecule has 0 saturated carbocycles. The minimum absolute atomic E-state index is 0.172. The molecule has 3 aromatic carbocycles. The first-order valence-electron chi connectivity index (χ1n) is 11.8. The molecule has 4 aromatic rings. The van der Waals surface area contributed by atoms with Gasteiger partial charge >= 0.3 is 6.03 Å². The van der Waals surface area contributed by atoms with Gasteiger partial charge in [-0.1, -0.05) is 76.9 Å². The molecule has 1 aromatic heterocycles. The zero-order chi connectivity index (χ0) is 25.4. The summed E-state index contributed by atoms with van der Waals surface area (Å²) in [4.78, 5) is 19.8. The first-order valence-corrected chi connectivity index (χ1v) is 12.2. The van der Waals surface area contributed by atoms with Crippen molar-refractivity contribution in [2.45, 2.75) is 40.3 Å². The van der Waals surface area contributed by atoms with E-state index in [0.29, 0.717) is 23.3 Å². The predicted molar refractivity (Wildman–Crippen MR) is 141 cm³/mol. The standard InChI is InChI=1S/C29H27ClN4O2/c1-17-8-11-21(12-9-17)16-34-20(4)25(26(31-29(34)35)22-13-10-18(2)19(3)14-22)28-32-27(33-36-28)23-6-5-7-24(30)15-23/h5-15,26H,16H2,1-4H3,(H,31,35). The number of allylic oxidation sites excluding steroid dienone is 1. The Labute approximate surface area is 215 Å². The number of carbonyl (C=O) groups excluding carboxylic acids is 1. The molecule has 0 spiro atoms. The van der Waals surface area contributed by atoms with Gasteiger partial charge in [-0.3, -0.25) is 4.90 Å². The summed E-state index contributed by atoms with van der Waals surface area (Å²) in [6.45, 7) is 8.53. The number of halogens is 1. The van der Waals surface area contributed by atoms with Gasteiger partial charge in [0.2, 0.25) is 5.82 Å². The van der Waals surface area contributed by atoms with E-state index in [9.17, 15) is 4.79 Å². The highest BCUT2D eigenvalue weighted by Crippen LogP contribution is 2.38. The summed E-state index contributed by atoms with van der Waals surface area (Å²) in [6, 6.07) is 21.1. The van der Waals surface area contributed by atoms with Gasteiger partial charge in [0.05, 0.1) is 18.2 Å². The molecule has 0 aliphatic carbocycles. The number of rotatable bonds is 5. The van der Waals surface area contributed by atoms with Gasteiger partial charge in [-0.15, -0.1) is 0 Å². The molecule has 1 N–H and O–H groups in total. The second-order valence-corrected chi connectivity index (χ2v) is 9.67. The molecule has 7 heteroatoms. The van der Waals surface area contributed by atoms with Crippen molar-refractivity contribution in [3.8, 4) is 11.4 Å². The first kappa shape index (κ1) is 23.8. The Kier molecular flexibility index (Phi) is 6.37. The van der Waals surface area contributed by atoms with Crippen LogP contribution in [0.25, 0.3) is 17.0 Å². The molecule has 1 unspecified atom stereocenters. The first-order chi connectivity index (χ1) is 17.3. The summed E-state index contributed by atoms with van der Waals surface area (Å²) >= 11 is 6.18. The molecule has 2 heterocycles. The Morgan fingerprint density at radius 1 is 0.972 bits per heavy atom. The normalized spacial score (nSPS) is 15.9. The number of nitrogens with zero attached hydrogens (tertiary/aromatic N) is 3. The minimum Gasteiger partial charge on any atom is -0.334 e. The van der Waals surface area contributed by atoms with Crippen LogP contribution in [0.1, 0.15) is 46.7 Å². The molecule has 1 aliphatic rings. The molecule has 0 radical (unpaired) electrons. The third-order valence-electron chi connectivity index (χ3n) is 6.66. The molecule has 0 bridgehead atoms. The van der Waals surface area contributed by atoms with Crippen molar-refractivity contribution in [1.82, 2.24) is 20.4 Å². The fourth-order valence-corrected chi connectivity index (χ4v) is 4.59.